The number of morpholine rings is 1. The number of hydrogen-bond donors (Lipinski definition) is 1. The molecule has 130 valence electrons. The molecule has 2 aliphatic rings. The third kappa shape index (κ3) is 3.25. The Kier molecular flexibility index (Phi) is 4.41. The molecule has 1 unspecified atom stereocenters. The van der Waals surface area contributed by atoms with Crippen molar-refractivity contribution in [2.75, 3.05) is 37.8 Å². The normalized spacial score (nSPS) is 23.8. The van der Waals surface area contributed by atoms with Gasteiger partial charge in [0.2, 0.25) is 0 Å². The second kappa shape index (κ2) is 6.71. The van der Waals surface area contributed by atoms with Crippen molar-refractivity contribution in [1.29, 1.82) is 0 Å². The number of nitrogens with zero attached hydrogens (tertiary/aromatic N) is 3. The lowest BCUT2D eigenvalue weighted by Gasteiger charge is -2.28. The molecule has 0 aromatic carbocycles. The minimum Gasteiger partial charge on any atom is -0.395 e. The molecule has 2 aromatic heterocycles. The molecule has 6 heteroatoms. The van der Waals surface area contributed by atoms with Gasteiger partial charge in [-0.3, -0.25) is 0 Å². The second-order valence-electron chi connectivity index (χ2n) is 6.58. The Bertz CT molecular complexity index is 865. The van der Waals surface area contributed by atoms with Crippen molar-refractivity contribution in [3.63, 3.8) is 0 Å². The number of allylic oxidation sites excluding steroid dienone is 4. The summed E-state index contributed by atoms with van der Waals surface area (Å²) in [5.41, 5.74) is 1.58. The van der Waals surface area contributed by atoms with Gasteiger partial charge in [-0.15, -0.1) is 11.3 Å². The minimum absolute atomic E-state index is 0.0740. The van der Waals surface area contributed by atoms with Crippen LogP contribution in [0.2, 0.25) is 0 Å². The number of anilines is 1. The van der Waals surface area contributed by atoms with Crippen LogP contribution in [0.4, 0.5) is 5.82 Å². The molecule has 1 fully saturated rings. The first-order chi connectivity index (χ1) is 12.2. The topological polar surface area (TPSA) is 58.5 Å². The van der Waals surface area contributed by atoms with Crippen LogP contribution >= 0.6 is 11.3 Å². The van der Waals surface area contributed by atoms with E-state index in [1.165, 1.54) is 0 Å². The molecule has 5 nitrogen and oxygen atoms in total. The van der Waals surface area contributed by atoms with Gasteiger partial charge in [0.15, 0.2) is 11.6 Å². The molecule has 0 amide bonds. The van der Waals surface area contributed by atoms with Crippen LogP contribution in [-0.4, -0.2) is 48.0 Å². The van der Waals surface area contributed by atoms with Crippen molar-refractivity contribution in [2.45, 2.75) is 6.92 Å². The Morgan fingerprint density at radius 2 is 2.12 bits per heavy atom. The lowest BCUT2D eigenvalue weighted by Crippen LogP contribution is -2.37. The lowest BCUT2D eigenvalue weighted by molar-refractivity contribution is 0.122. The summed E-state index contributed by atoms with van der Waals surface area (Å²) in [6.07, 6.45) is 10.0. The van der Waals surface area contributed by atoms with E-state index in [9.17, 15) is 5.11 Å². The molecule has 1 aliphatic heterocycles. The number of ether oxygens (including phenoxy) is 1. The predicted octanol–water partition coefficient (Wildman–Crippen LogP) is 3.04. The van der Waals surface area contributed by atoms with Crippen molar-refractivity contribution >= 4 is 32.9 Å². The van der Waals surface area contributed by atoms with Gasteiger partial charge in [-0.2, -0.15) is 0 Å². The molecule has 3 heterocycles. The summed E-state index contributed by atoms with van der Waals surface area (Å²) in [5.74, 6) is 1.71. The maximum Gasteiger partial charge on any atom is 0.162 e. The van der Waals surface area contributed by atoms with E-state index < -0.39 is 0 Å². The van der Waals surface area contributed by atoms with E-state index in [4.69, 9.17) is 14.7 Å². The first kappa shape index (κ1) is 16.4. The fourth-order valence-electron chi connectivity index (χ4n) is 2.98. The van der Waals surface area contributed by atoms with E-state index >= 15 is 0 Å². The van der Waals surface area contributed by atoms with Gasteiger partial charge in [0.1, 0.15) is 0 Å². The number of thiophene rings is 1. The van der Waals surface area contributed by atoms with Crippen molar-refractivity contribution in [3.05, 3.63) is 47.7 Å². The fourth-order valence-corrected chi connectivity index (χ4v) is 3.83. The minimum atomic E-state index is -0.349. The molecule has 2 aromatic rings. The number of fused-ring (bicyclic) bond motifs is 1. The van der Waals surface area contributed by atoms with E-state index in [2.05, 4.69) is 10.3 Å². The molecule has 25 heavy (non-hydrogen) atoms. The average Bonchev–Trinajstić information content (AvgIpc) is 3.04. The summed E-state index contributed by atoms with van der Waals surface area (Å²) in [5, 5.41) is 11.6. The van der Waals surface area contributed by atoms with Crippen molar-refractivity contribution < 1.29 is 9.84 Å². The first-order valence-electron chi connectivity index (χ1n) is 8.46. The van der Waals surface area contributed by atoms with Crippen LogP contribution in [0.25, 0.3) is 15.8 Å². The Morgan fingerprint density at radius 1 is 1.28 bits per heavy atom. The van der Waals surface area contributed by atoms with Crippen LogP contribution in [0, 0.1) is 5.41 Å². The molecule has 1 atom stereocenters. The molecular weight excluding hydrogens is 334 g/mol. The van der Waals surface area contributed by atoms with E-state index in [0.29, 0.717) is 0 Å². The van der Waals surface area contributed by atoms with Gasteiger partial charge in [-0.25, -0.2) is 9.97 Å². The number of aromatic nitrogens is 2. The maximum absolute atomic E-state index is 9.59. The highest BCUT2D eigenvalue weighted by Gasteiger charge is 2.21. The quantitative estimate of drug-likeness (QED) is 0.917. The number of aliphatic hydroxyl groups is 1. The summed E-state index contributed by atoms with van der Waals surface area (Å²) >= 11 is 1.68. The highest BCUT2D eigenvalue weighted by molar-refractivity contribution is 7.17. The third-order valence-corrected chi connectivity index (χ3v) is 5.49. The number of rotatable bonds is 3. The summed E-state index contributed by atoms with van der Waals surface area (Å²) in [6.45, 7) is 5.23. The van der Waals surface area contributed by atoms with Crippen LogP contribution in [0.5, 0.6) is 0 Å². The van der Waals surface area contributed by atoms with Gasteiger partial charge < -0.3 is 14.7 Å². The summed E-state index contributed by atoms with van der Waals surface area (Å²) in [4.78, 5) is 11.9. The van der Waals surface area contributed by atoms with Crippen LogP contribution < -0.4 is 4.90 Å². The van der Waals surface area contributed by atoms with Gasteiger partial charge in [0, 0.05) is 24.1 Å². The molecule has 0 radical (unpaired) electrons. The van der Waals surface area contributed by atoms with Crippen LogP contribution in [0.1, 0.15) is 12.7 Å². The predicted molar refractivity (Wildman–Crippen MR) is 102 cm³/mol. The zero-order chi connectivity index (χ0) is 17.3. The van der Waals surface area contributed by atoms with Gasteiger partial charge in [-0.05, 0) is 11.4 Å². The fraction of sp³-hybridized carbons (Fsp3) is 0.368. The molecule has 4 rings (SSSR count). The molecule has 1 aliphatic carbocycles. The first-order valence-corrected chi connectivity index (χ1v) is 9.34. The average molecular weight is 355 g/mol. The Morgan fingerprint density at radius 3 is 2.92 bits per heavy atom. The van der Waals surface area contributed by atoms with Gasteiger partial charge in [-0.1, -0.05) is 37.3 Å². The van der Waals surface area contributed by atoms with Crippen LogP contribution in [0.3, 0.4) is 0 Å². The van der Waals surface area contributed by atoms with Crippen LogP contribution in [-0.2, 0) is 4.74 Å². The van der Waals surface area contributed by atoms with Crippen molar-refractivity contribution in [2.24, 2.45) is 5.41 Å². The summed E-state index contributed by atoms with van der Waals surface area (Å²) in [7, 11) is 0. The van der Waals surface area contributed by atoms with E-state index in [1.54, 1.807) is 11.3 Å². The Balaban J connectivity index is 1.77. The SMILES string of the molecule is CC1(CO)C=CC=C(c2nc(N3CCOCC3)c3sccc3n2)C=C1. The zero-order valence-corrected chi connectivity index (χ0v) is 15.0. The Hall–Kier alpha value is -2.02. The molecule has 1 N–H and O–H groups in total. The van der Waals surface area contributed by atoms with Gasteiger partial charge >= 0.3 is 0 Å². The zero-order valence-electron chi connectivity index (χ0n) is 14.2. The number of aliphatic hydroxyl groups excluding tert-OH is 1. The monoisotopic (exact) mass is 355 g/mol. The Labute approximate surface area is 151 Å². The van der Waals surface area contributed by atoms with Gasteiger partial charge in [0.25, 0.3) is 0 Å². The van der Waals surface area contributed by atoms with Crippen LogP contribution in [0.15, 0.2) is 41.8 Å². The van der Waals surface area contributed by atoms with E-state index in [0.717, 1.165) is 53.7 Å². The molecule has 0 bridgehead atoms. The van der Waals surface area contributed by atoms with E-state index in [1.807, 2.05) is 43.4 Å². The smallest absolute Gasteiger partial charge is 0.162 e. The van der Waals surface area contributed by atoms with Gasteiger partial charge in [0.05, 0.1) is 30.0 Å². The summed E-state index contributed by atoms with van der Waals surface area (Å²) in [6, 6.07) is 2.05. The second-order valence-corrected chi connectivity index (χ2v) is 7.50. The highest BCUT2D eigenvalue weighted by Crippen LogP contribution is 2.32. The largest absolute Gasteiger partial charge is 0.395 e. The molecule has 0 saturated carbocycles. The van der Waals surface area contributed by atoms with Crippen molar-refractivity contribution in [3.8, 4) is 0 Å². The molecular formula is C19H21N3O2S. The standard InChI is InChI=1S/C19H21N3O2S/c1-19(13-23)6-2-3-14(4-7-19)17-20-15-5-12-25-16(15)18(21-17)22-8-10-24-11-9-22/h2-7,12,23H,8-11,13H2,1H3. The third-order valence-electron chi connectivity index (χ3n) is 4.59. The lowest BCUT2D eigenvalue weighted by atomic mass is 9.91. The summed E-state index contributed by atoms with van der Waals surface area (Å²) < 4.78 is 6.60. The molecule has 0 spiro atoms. The maximum atomic E-state index is 9.59. The number of hydrogen-bond acceptors (Lipinski definition) is 6. The highest BCUT2D eigenvalue weighted by atomic mass is 32.1. The van der Waals surface area contributed by atoms with E-state index in [-0.39, 0.29) is 12.0 Å². The molecule has 1 saturated heterocycles. The van der Waals surface area contributed by atoms with Crippen molar-refractivity contribution in [1.82, 2.24) is 9.97 Å².